The molecule has 2 aromatic carbocycles. The number of para-hydroxylation sites is 1. The Morgan fingerprint density at radius 1 is 1.17 bits per heavy atom. The standard InChI is InChI=1S/C29H27ClN4O6S/c1-16-10-17-4-3-5-24(27(17)39-16)40-19-8-9-21(23(30)11-19)26(35)22-12-31-28-25(22)29(33-15-32-28)34-18-6-7-20(38-13-18)14-41(2,36)37/h3-5,8-12,15,18,20H,6-7,13-14H2,1-2H3,(H2,31,32,33,34)/t18-,20+/m1/s1. The third kappa shape index (κ3) is 5.79. The van der Waals surface area contributed by atoms with Gasteiger partial charge in [-0.25, -0.2) is 18.4 Å². The Balaban J connectivity index is 1.22. The van der Waals surface area contributed by atoms with E-state index in [2.05, 4.69) is 20.3 Å². The van der Waals surface area contributed by atoms with Crippen molar-refractivity contribution < 1.29 is 27.1 Å². The Bertz CT molecular complexity index is 1880. The van der Waals surface area contributed by atoms with Crippen molar-refractivity contribution in [1.29, 1.82) is 0 Å². The summed E-state index contributed by atoms with van der Waals surface area (Å²) in [6, 6.07) is 12.4. The molecule has 10 nitrogen and oxygen atoms in total. The smallest absolute Gasteiger partial charge is 0.196 e. The summed E-state index contributed by atoms with van der Waals surface area (Å²) in [6.45, 7) is 2.19. The number of H-pyrrole nitrogens is 1. The van der Waals surface area contributed by atoms with E-state index in [1.54, 1.807) is 24.4 Å². The number of hydrogen-bond acceptors (Lipinski definition) is 9. The first-order chi connectivity index (χ1) is 19.6. The lowest BCUT2D eigenvalue weighted by Crippen LogP contribution is -2.37. The number of rotatable bonds is 8. The number of ketones is 1. The normalized spacial score (nSPS) is 17.6. The number of sulfone groups is 1. The predicted octanol–water partition coefficient (Wildman–Crippen LogP) is 5.69. The lowest BCUT2D eigenvalue weighted by Gasteiger charge is -2.29. The molecule has 2 atom stereocenters. The lowest BCUT2D eigenvalue weighted by atomic mass is 10.0. The highest BCUT2D eigenvalue weighted by Crippen LogP contribution is 2.35. The van der Waals surface area contributed by atoms with Crippen LogP contribution in [0.2, 0.25) is 5.02 Å². The second-order valence-corrected chi connectivity index (χ2v) is 12.8. The fraction of sp³-hybridized carbons (Fsp3) is 0.276. The highest BCUT2D eigenvalue weighted by molar-refractivity contribution is 7.90. The molecule has 0 spiro atoms. The summed E-state index contributed by atoms with van der Waals surface area (Å²) in [7, 11) is -3.12. The highest BCUT2D eigenvalue weighted by atomic mass is 35.5. The van der Waals surface area contributed by atoms with Gasteiger partial charge in [0.1, 0.15) is 39.1 Å². The summed E-state index contributed by atoms with van der Waals surface area (Å²) in [4.78, 5) is 25.4. The monoisotopic (exact) mass is 594 g/mol. The largest absolute Gasteiger partial charge is 0.457 e. The van der Waals surface area contributed by atoms with Crippen LogP contribution in [-0.4, -0.2) is 59.9 Å². The fourth-order valence-electron chi connectivity index (χ4n) is 5.09. The van der Waals surface area contributed by atoms with E-state index in [1.165, 1.54) is 12.6 Å². The molecule has 6 rings (SSSR count). The fourth-order valence-corrected chi connectivity index (χ4v) is 6.29. The summed E-state index contributed by atoms with van der Waals surface area (Å²) in [5.41, 5.74) is 1.79. The topological polar surface area (TPSA) is 136 Å². The molecule has 1 aliphatic rings. The van der Waals surface area contributed by atoms with Crippen LogP contribution in [0.1, 0.15) is 34.5 Å². The van der Waals surface area contributed by atoms with Crippen molar-refractivity contribution in [3.8, 4) is 11.5 Å². The Morgan fingerprint density at radius 3 is 2.78 bits per heavy atom. The third-order valence-corrected chi connectivity index (χ3v) is 8.25. The maximum atomic E-state index is 13.7. The van der Waals surface area contributed by atoms with E-state index >= 15 is 0 Å². The van der Waals surface area contributed by atoms with Gasteiger partial charge >= 0.3 is 0 Å². The molecule has 12 heteroatoms. The molecule has 212 valence electrons. The molecule has 0 aliphatic carbocycles. The SMILES string of the molecule is Cc1cc2cccc(Oc3ccc(C(=O)c4c[nH]c5ncnc(N[C@@H]6CC[C@@H](CS(C)(=O)=O)OC6)c45)c(Cl)c3)c2o1. The maximum Gasteiger partial charge on any atom is 0.196 e. The number of aryl methyl sites for hydroxylation is 1. The van der Waals surface area contributed by atoms with E-state index in [1.807, 2.05) is 31.2 Å². The zero-order valence-electron chi connectivity index (χ0n) is 22.3. The number of benzene rings is 2. The summed E-state index contributed by atoms with van der Waals surface area (Å²) in [5.74, 6) is 1.96. The van der Waals surface area contributed by atoms with Crippen LogP contribution in [0.15, 0.2) is 59.4 Å². The molecule has 0 saturated carbocycles. The minimum atomic E-state index is -3.12. The van der Waals surface area contributed by atoms with Crippen LogP contribution in [0.4, 0.5) is 5.82 Å². The molecule has 1 fully saturated rings. The first-order valence-electron chi connectivity index (χ1n) is 13.0. The Labute approximate surface area is 240 Å². The van der Waals surface area contributed by atoms with E-state index in [-0.39, 0.29) is 28.7 Å². The third-order valence-electron chi connectivity index (χ3n) is 6.96. The number of nitrogens with one attached hydrogen (secondary N) is 2. The number of nitrogens with zero attached hydrogens (tertiary/aromatic N) is 2. The van der Waals surface area contributed by atoms with Crippen LogP contribution >= 0.6 is 11.6 Å². The quantitative estimate of drug-likeness (QED) is 0.217. The van der Waals surface area contributed by atoms with Gasteiger partial charge in [0.2, 0.25) is 0 Å². The zero-order valence-corrected chi connectivity index (χ0v) is 23.9. The van der Waals surface area contributed by atoms with Crippen molar-refractivity contribution in [3.63, 3.8) is 0 Å². The van der Waals surface area contributed by atoms with E-state index in [0.717, 1.165) is 11.1 Å². The minimum absolute atomic E-state index is 0.00325. The van der Waals surface area contributed by atoms with Gasteiger partial charge < -0.3 is 24.2 Å². The molecule has 1 saturated heterocycles. The summed E-state index contributed by atoms with van der Waals surface area (Å²) in [6.07, 6.45) is 5.16. The molecule has 0 amide bonds. The number of halogens is 1. The maximum absolute atomic E-state index is 13.7. The van der Waals surface area contributed by atoms with Crippen LogP contribution in [0, 0.1) is 6.92 Å². The van der Waals surface area contributed by atoms with Crippen molar-refractivity contribution >= 4 is 55.0 Å². The molecule has 1 aliphatic heterocycles. The van der Waals surface area contributed by atoms with Crippen LogP contribution in [0.3, 0.4) is 0 Å². The van der Waals surface area contributed by atoms with Gasteiger partial charge in [-0.15, -0.1) is 0 Å². The predicted molar refractivity (Wildman–Crippen MR) is 156 cm³/mol. The molecule has 3 aromatic heterocycles. The van der Waals surface area contributed by atoms with Crippen molar-refractivity contribution in [2.24, 2.45) is 0 Å². The van der Waals surface area contributed by atoms with Crippen molar-refractivity contribution in [3.05, 3.63) is 76.9 Å². The number of hydrogen-bond donors (Lipinski definition) is 2. The second-order valence-electron chi connectivity index (χ2n) is 10.2. The van der Waals surface area contributed by atoms with Gasteiger partial charge in [-0.2, -0.15) is 0 Å². The molecule has 0 bridgehead atoms. The molecule has 0 radical (unpaired) electrons. The summed E-state index contributed by atoms with van der Waals surface area (Å²) in [5, 5.41) is 5.04. The number of furan rings is 1. The molecule has 0 unspecified atom stereocenters. The second kappa shape index (κ2) is 10.8. The Morgan fingerprint density at radius 2 is 2.02 bits per heavy atom. The number of carbonyl (C=O) groups excluding carboxylic acids is 1. The van der Waals surface area contributed by atoms with Crippen LogP contribution in [-0.2, 0) is 14.6 Å². The molecule has 41 heavy (non-hydrogen) atoms. The highest BCUT2D eigenvalue weighted by Gasteiger charge is 2.27. The lowest BCUT2D eigenvalue weighted by molar-refractivity contribution is 0.0234. The Hall–Kier alpha value is -3.93. The van der Waals surface area contributed by atoms with Gasteiger partial charge in [-0.05, 0) is 44.0 Å². The van der Waals surface area contributed by atoms with Gasteiger partial charge in [0, 0.05) is 29.5 Å². The van der Waals surface area contributed by atoms with Gasteiger partial charge in [-0.1, -0.05) is 23.7 Å². The summed E-state index contributed by atoms with van der Waals surface area (Å²) >= 11 is 6.60. The average molecular weight is 595 g/mol. The number of anilines is 1. The summed E-state index contributed by atoms with van der Waals surface area (Å²) < 4.78 is 40.8. The minimum Gasteiger partial charge on any atom is -0.457 e. The number of aromatic nitrogens is 3. The van der Waals surface area contributed by atoms with Gasteiger partial charge in [-0.3, -0.25) is 4.79 Å². The number of aromatic amines is 1. The van der Waals surface area contributed by atoms with Gasteiger partial charge in [0.15, 0.2) is 17.1 Å². The molecule has 2 N–H and O–H groups in total. The first kappa shape index (κ1) is 27.3. The van der Waals surface area contributed by atoms with Crippen LogP contribution in [0.5, 0.6) is 11.5 Å². The number of carbonyl (C=O) groups is 1. The zero-order chi connectivity index (χ0) is 28.7. The van der Waals surface area contributed by atoms with Gasteiger partial charge in [0.25, 0.3) is 0 Å². The Kier molecular flexibility index (Phi) is 7.18. The average Bonchev–Trinajstić information content (AvgIpc) is 3.53. The van der Waals surface area contributed by atoms with Crippen molar-refractivity contribution in [2.75, 3.05) is 23.9 Å². The van der Waals surface area contributed by atoms with Gasteiger partial charge in [0.05, 0.1) is 40.5 Å². The van der Waals surface area contributed by atoms with Crippen molar-refractivity contribution in [1.82, 2.24) is 15.0 Å². The first-order valence-corrected chi connectivity index (χ1v) is 15.5. The van der Waals surface area contributed by atoms with E-state index in [4.69, 9.17) is 25.5 Å². The number of ether oxygens (including phenoxy) is 2. The van der Waals surface area contributed by atoms with E-state index < -0.39 is 9.84 Å². The molecule has 4 heterocycles. The van der Waals surface area contributed by atoms with E-state index in [0.29, 0.717) is 64.5 Å². The number of fused-ring (bicyclic) bond motifs is 2. The van der Waals surface area contributed by atoms with Crippen LogP contribution < -0.4 is 10.1 Å². The van der Waals surface area contributed by atoms with Crippen molar-refractivity contribution in [2.45, 2.75) is 31.9 Å². The molecular formula is C29H27ClN4O6S. The molecular weight excluding hydrogens is 568 g/mol. The van der Waals surface area contributed by atoms with Crippen LogP contribution in [0.25, 0.3) is 22.0 Å². The van der Waals surface area contributed by atoms with E-state index in [9.17, 15) is 13.2 Å². The molecule has 5 aromatic rings.